The molecule has 0 amide bonds. The molecule has 18 heavy (non-hydrogen) atoms. The maximum Gasteiger partial charge on any atom is 0.248 e. The van der Waals surface area contributed by atoms with Gasteiger partial charge in [-0.1, -0.05) is 6.92 Å². The maximum atomic E-state index is 12.4. The molecule has 100 valence electrons. The van der Waals surface area contributed by atoms with Crippen LogP contribution in [0.3, 0.4) is 0 Å². The summed E-state index contributed by atoms with van der Waals surface area (Å²) in [5.74, 6) is 0.541. The Morgan fingerprint density at radius 1 is 1.33 bits per heavy atom. The average molecular weight is 270 g/mol. The molecule has 1 aromatic heterocycles. The Balaban J connectivity index is 2.31. The number of rotatable bonds is 2. The Morgan fingerprint density at radius 2 is 2.11 bits per heavy atom. The topological polar surface area (TPSA) is 70.2 Å². The lowest BCUT2D eigenvalue weighted by Crippen LogP contribution is -2.34. The van der Waals surface area contributed by atoms with Crippen LogP contribution < -0.4 is 5.43 Å². The number of aromatic amines is 1. The summed E-state index contributed by atoms with van der Waals surface area (Å²) in [4.78, 5) is 14.1. The summed E-state index contributed by atoms with van der Waals surface area (Å²) in [7, 11) is -3.65. The van der Waals surface area contributed by atoms with Gasteiger partial charge in [0.1, 0.15) is 4.90 Å². The fraction of sp³-hybridized carbons (Fsp3) is 0.583. The molecule has 0 radical (unpaired) electrons. The summed E-state index contributed by atoms with van der Waals surface area (Å²) in [5.41, 5.74) is -0.453. The largest absolute Gasteiger partial charge is 0.366 e. The Hall–Kier alpha value is -1.14. The molecule has 1 saturated heterocycles. The fourth-order valence-electron chi connectivity index (χ4n) is 2.22. The van der Waals surface area contributed by atoms with Gasteiger partial charge in [-0.15, -0.1) is 0 Å². The van der Waals surface area contributed by atoms with Gasteiger partial charge < -0.3 is 4.98 Å². The first-order valence-electron chi connectivity index (χ1n) is 6.19. The molecule has 0 spiro atoms. The third-order valence-electron chi connectivity index (χ3n) is 3.38. The molecule has 0 aromatic carbocycles. The first-order valence-corrected chi connectivity index (χ1v) is 7.63. The van der Waals surface area contributed by atoms with Gasteiger partial charge in [-0.2, -0.15) is 4.31 Å². The van der Waals surface area contributed by atoms with Crippen molar-refractivity contribution in [3.8, 4) is 0 Å². The van der Waals surface area contributed by atoms with Crippen LogP contribution in [0.5, 0.6) is 0 Å². The van der Waals surface area contributed by atoms with Crippen molar-refractivity contribution in [3.05, 3.63) is 28.7 Å². The normalized spacial score (nSPS) is 22.6. The van der Waals surface area contributed by atoms with Gasteiger partial charge in [0.2, 0.25) is 15.5 Å². The third-order valence-corrected chi connectivity index (χ3v) is 5.30. The lowest BCUT2D eigenvalue weighted by atomic mass is 10.0. The van der Waals surface area contributed by atoms with E-state index in [0.717, 1.165) is 19.3 Å². The van der Waals surface area contributed by atoms with Crippen molar-refractivity contribution in [2.24, 2.45) is 5.92 Å². The molecule has 0 bridgehead atoms. The predicted octanol–water partition coefficient (Wildman–Crippen LogP) is 1.19. The monoisotopic (exact) mass is 270 g/mol. The van der Waals surface area contributed by atoms with Crippen LogP contribution in [-0.4, -0.2) is 30.8 Å². The Labute approximate surface area is 107 Å². The van der Waals surface area contributed by atoms with E-state index in [0.29, 0.717) is 19.0 Å². The molecule has 1 unspecified atom stereocenters. The van der Waals surface area contributed by atoms with Crippen molar-refractivity contribution in [1.29, 1.82) is 0 Å². The van der Waals surface area contributed by atoms with E-state index in [2.05, 4.69) is 11.9 Å². The predicted molar refractivity (Wildman–Crippen MR) is 68.8 cm³/mol. The molecule has 5 nitrogen and oxygen atoms in total. The minimum Gasteiger partial charge on any atom is -0.366 e. The lowest BCUT2D eigenvalue weighted by molar-refractivity contribution is 0.416. The van der Waals surface area contributed by atoms with Crippen LogP contribution in [0.25, 0.3) is 0 Å². The zero-order valence-corrected chi connectivity index (χ0v) is 11.2. The summed E-state index contributed by atoms with van der Waals surface area (Å²) >= 11 is 0. The average Bonchev–Trinajstić information content (AvgIpc) is 2.54. The summed E-state index contributed by atoms with van der Waals surface area (Å²) in [5, 5.41) is 0. The van der Waals surface area contributed by atoms with Gasteiger partial charge in [-0.05, 0) is 25.2 Å². The van der Waals surface area contributed by atoms with E-state index in [4.69, 9.17) is 0 Å². The minimum atomic E-state index is -3.65. The lowest BCUT2D eigenvalue weighted by Gasteiger charge is -2.19. The SMILES string of the molecule is CC1CCCN(S(=O)(=O)c2c[nH]ccc2=O)CC1. The zero-order chi connectivity index (χ0) is 13.2. The number of nitrogens with one attached hydrogen (secondary N) is 1. The molecular weight excluding hydrogens is 252 g/mol. The highest BCUT2D eigenvalue weighted by Crippen LogP contribution is 2.21. The molecule has 1 aliphatic rings. The number of nitrogens with zero attached hydrogens (tertiary/aromatic N) is 1. The van der Waals surface area contributed by atoms with Crippen molar-refractivity contribution < 1.29 is 8.42 Å². The first kappa shape index (κ1) is 13.3. The van der Waals surface area contributed by atoms with E-state index >= 15 is 0 Å². The Morgan fingerprint density at radius 3 is 2.83 bits per heavy atom. The van der Waals surface area contributed by atoms with Crippen LogP contribution in [0.4, 0.5) is 0 Å². The van der Waals surface area contributed by atoms with E-state index in [1.165, 1.54) is 22.8 Å². The third kappa shape index (κ3) is 2.64. The molecule has 6 heteroatoms. The quantitative estimate of drug-likeness (QED) is 0.877. The van der Waals surface area contributed by atoms with E-state index in [-0.39, 0.29) is 4.90 Å². The second-order valence-corrected chi connectivity index (χ2v) is 6.72. The van der Waals surface area contributed by atoms with Gasteiger partial charge in [-0.3, -0.25) is 4.79 Å². The molecular formula is C12H18N2O3S. The standard InChI is InChI=1S/C12H18N2O3S/c1-10-3-2-7-14(8-5-10)18(16,17)12-9-13-6-4-11(12)15/h4,6,9-10H,2-3,5,7-8H2,1H3,(H,13,15). The van der Waals surface area contributed by atoms with Crippen molar-refractivity contribution >= 4 is 10.0 Å². The van der Waals surface area contributed by atoms with Crippen molar-refractivity contribution in [3.63, 3.8) is 0 Å². The van der Waals surface area contributed by atoms with Gasteiger partial charge >= 0.3 is 0 Å². The molecule has 1 atom stereocenters. The van der Waals surface area contributed by atoms with E-state index < -0.39 is 15.5 Å². The molecule has 1 N–H and O–H groups in total. The number of hydrogen-bond donors (Lipinski definition) is 1. The number of aromatic nitrogens is 1. The Bertz CT molecular complexity index is 565. The molecule has 1 aromatic rings. The van der Waals surface area contributed by atoms with Crippen molar-refractivity contribution in [2.45, 2.75) is 31.1 Å². The van der Waals surface area contributed by atoms with Gasteiger partial charge in [0.05, 0.1) is 0 Å². The van der Waals surface area contributed by atoms with Crippen LogP contribution in [0, 0.1) is 5.92 Å². The minimum absolute atomic E-state index is 0.153. The van der Waals surface area contributed by atoms with Gasteiger partial charge in [0.15, 0.2) is 0 Å². The van der Waals surface area contributed by atoms with Crippen LogP contribution >= 0.6 is 0 Å². The first-order chi connectivity index (χ1) is 8.51. The van der Waals surface area contributed by atoms with Crippen LogP contribution in [0.15, 0.2) is 28.2 Å². The highest BCUT2D eigenvalue weighted by Gasteiger charge is 2.28. The summed E-state index contributed by atoms with van der Waals surface area (Å²) < 4.78 is 26.2. The molecule has 1 aliphatic heterocycles. The Kier molecular flexibility index (Phi) is 3.87. The molecule has 2 rings (SSSR count). The summed E-state index contributed by atoms with van der Waals surface area (Å²) in [6.45, 7) is 3.13. The van der Waals surface area contributed by atoms with E-state index in [1.807, 2.05) is 0 Å². The van der Waals surface area contributed by atoms with Crippen molar-refractivity contribution in [2.75, 3.05) is 13.1 Å². The van der Waals surface area contributed by atoms with E-state index in [1.54, 1.807) is 0 Å². The molecule has 0 saturated carbocycles. The zero-order valence-electron chi connectivity index (χ0n) is 10.4. The smallest absolute Gasteiger partial charge is 0.248 e. The molecule has 2 heterocycles. The van der Waals surface area contributed by atoms with Crippen molar-refractivity contribution in [1.82, 2.24) is 9.29 Å². The summed E-state index contributed by atoms with van der Waals surface area (Å²) in [6, 6.07) is 1.24. The highest BCUT2D eigenvalue weighted by molar-refractivity contribution is 7.89. The fourth-order valence-corrected chi connectivity index (χ4v) is 3.75. The molecule has 0 aliphatic carbocycles. The number of sulfonamides is 1. The van der Waals surface area contributed by atoms with Gasteiger partial charge in [0.25, 0.3) is 0 Å². The maximum absolute atomic E-state index is 12.4. The second-order valence-electron chi connectivity index (χ2n) is 4.81. The second kappa shape index (κ2) is 5.24. The van der Waals surface area contributed by atoms with Crippen LogP contribution in [0.1, 0.15) is 26.2 Å². The highest BCUT2D eigenvalue weighted by atomic mass is 32.2. The van der Waals surface area contributed by atoms with Crippen LogP contribution in [-0.2, 0) is 10.0 Å². The number of H-pyrrole nitrogens is 1. The number of pyridine rings is 1. The molecule has 1 fully saturated rings. The summed E-state index contributed by atoms with van der Waals surface area (Å²) in [6.07, 6.45) is 5.45. The van der Waals surface area contributed by atoms with Gasteiger partial charge in [0, 0.05) is 31.5 Å². The number of hydrogen-bond acceptors (Lipinski definition) is 3. The van der Waals surface area contributed by atoms with E-state index in [9.17, 15) is 13.2 Å². The van der Waals surface area contributed by atoms with Gasteiger partial charge in [-0.25, -0.2) is 8.42 Å². The van der Waals surface area contributed by atoms with Crippen LogP contribution in [0.2, 0.25) is 0 Å².